The van der Waals surface area contributed by atoms with Crippen LogP contribution in [0, 0.1) is 5.41 Å². The van der Waals surface area contributed by atoms with E-state index in [1.807, 2.05) is 0 Å². The lowest BCUT2D eigenvalue weighted by Crippen LogP contribution is -2.40. The van der Waals surface area contributed by atoms with Gasteiger partial charge in [-0.15, -0.1) is 0 Å². The molecule has 0 radical (unpaired) electrons. The number of anilines is 1. The Hall–Kier alpha value is -1.56. The van der Waals surface area contributed by atoms with Crippen molar-refractivity contribution in [3.63, 3.8) is 0 Å². The Bertz CT molecular complexity index is 626. The van der Waals surface area contributed by atoms with Crippen molar-refractivity contribution >= 4 is 21.5 Å². The van der Waals surface area contributed by atoms with Crippen molar-refractivity contribution in [3.05, 3.63) is 24.3 Å². The number of sulfone groups is 1. The van der Waals surface area contributed by atoms with Gasteiger partial charge in [0.2, 0.25) is 0 Å². The predicted octanol–water partition coefficient (Wildman–Crippen LogP) is 2.15. The van der Waals surface area contributed by atoms with Gasteiger partial charge in [-0.2, -0.15) is 0 Å². The van der Waals surface area contributed by atoms with Crippen LogP contribution >= 0.6 is 0 Å². The third-order valence-corrected chi connectivity index (χ3v) is 5.22. The number of rotatable bonds is 4. The first kappa shape index (κ1) is 14.8. The summed E-state index contributed by atoms with van der Waals surface area (Å²) < 4.78 is 23.5. The first-order valence-corrected chi connectivity index (χ1v) is 8.43. The molecule has 0 bridgehead atoms. The van der Waals surface area contributed by atoms with E-state index in [1.54, 1.807) is 25.1 Å². The van der Waals surface area contributed by atoms with Crippen molar-refractivity contribution in [3.8, 4) is 0 Å². The highest BCUT2D eigenvalue weighted by molar-refractivity contribution is 7.90. The lowest BCUT2D eigenvalue weighted by Gasteiger charge is -2.29. The fourth-order valence-corrected chi connectivity index (χ4v) is 3.60. The second-order valence-electron chi connectivity index (χ2n) is 5.58. The Morgan fingerprint density at radius 1 is 1.40 bits per heavy atom. The first-order valence-electron chi connectivity index (χ1n) is 6.54. The predicted molar refractivity (Wildman–Crippen MR) is 76.6 cm³/mol. The van der Waals surface area contributed by atoms with Crippen LogP contribution < -0.4 is 5.32 Å². The van der Waals surface area contributed by atoms with E-state index >= 15 is 0 Å². The molecular formula is C14H19NO4S. The molecule has 1 aromatic rings. The Balaban J connectivity index is 2.34. The first-order chi connectivity index (χ1) is 9.25. The molecule has 0 spiro atoms. The fourth-order valence-electron chi connectivity index (χ4n) is 2.75. The standard InChI is InChI=1S/C14H19NO4S/c1-14(13(16)17)9-5-8-12(14)15-10-6-3-4-7-11(10)20(2,18)19/h3-4,6-7,12,15H,5,8-9H2,1-2H3,(H,16,17). The average molecular weight is 297 g/mol. The van der Waals surface area contributed by atoms with Crippen LogP contribution in [0.3, 0.4) is 0 Å². The van der Waals surface area contributed by atoms with Crippen LogP contribution in [0.4, 0.5) is 5.69 Å². The zero-order chi connectivity index (χ0) is 15.0. The lowest BCUT2D eigenvalue weighted by atomic mass is 9.85. The van der Waals surface area contributed by atoms with E-state index in [4.69, 9.17) is 0 Å². The van der Waals surface area contributed by atoms with Gasteiger partial charge in [0, 0.05) is 12.3 Å². The molecule has 2 rings (SSSR count). The minimum absolute atomic E-state index is 0.208. The van der Waals surface area contributed by atoms with Gasteiger partial charge in [-0.25, -0.2) is 8.42 Å². The van der Waals surface area contributed by atoms with Gasteiger partial charge in [-0.05, 0) is 31.9 Å². The number of hydrogen-bond donors (Lipinski definition) is 2. The summed E-state index contributed by atoms with van der Waals surface area (Å²) in [4.78, 5) is 11.7. The monoisotopic (exact) mass is 297 g/mol. The number of carbonyl (C=O) groups is 1. The van der Waals surface area contributed by atoms with E-state index < -0.39 is 21.2 Å². The zero-order valence-electron chi connectivity index (χ0n) is 11.6. The largest absolute Gasteiger partial charge is 0.481 e. The summed E-state index contributed by atoms with van der Waals surface area (Å²) in [5, 5.41) is 12.5. The SMILES string of the molecule is CC1(C(=O)O)CCCC1Nc1ccccc1S(C)(=O)=O. The lowest BCUT2D eigenvalue weighted by molar-refractivity contribution is -0.147. The number of nitrogens with one attached hydrogen (secondary N) is 1. The summed E-state index contributed by atoms with van der Waals surface area (Å²) in [7, 11) is -3.34. The molecule has 2 atom stereocenters. The minimum atomic E-state index is -3.34. The Morgan fingerprint density at radius 2 is 2.05 bits per heavy atom. The molecule has 1 fully saturated rings. The molecule has 6 heteroatoms. The Morgan fingerprint density at radius 3 is 2.65 bits per heavy atom. The van der Waals surface area contributed by atoms with Crippen molar-refractivity contribution in [2.24, 2.45) is 5.41 Å². The van der Waals surface area contributed by atoms with E-state index in [0.717, 1.165) is 19.1 Å². The summed E-state index contributed by atoms with van der Waals surface area (Å²) in [6, 6.07) is 6.35. The quantitative estimate of drug-likeness (QED) is 0.889. The number of benzene rings is 1. The van der Waals surface area contributed by atoms with Gasteiger partial charge in [0.15, 0.2) is 9.84 Å². The summed E-state index contributed by atoms with van der Waals surface area (Å²) in [6.07, 6.45) is 3.29. The minimum Gasteiger partial charge on any atom is -0.481 e. The van der Waals surface area contributed by atoms with Crippen LogP contribution in [0.25, 0.3) is 0 Å². The molecule has 1 aliphatic carbocycles. The van der Waals surface area contributed by atoms with Crippen molar-refractivity contribution < 1.29 is 18.3 Å². The summed E-state index contributed by atoms with van der Waals surface area (Å²) in [6.45, 7) is 1.71. The van der Waals surface area contributed by atoms with Crippen LogP contribution in [0.5, 0.6) is 0 Å². The van der Waals surface area contributed by atoms with Gasteiger partial charge in [-0.3, -0.25) is 4.79 Å². The normalized spacial score (nSPS) is 26.4. The summed E-state index contributed by atoms with van der Waals surface area (Å²) in [5.41, 5.74) is -0.376. The smallest absolute Gasteiger partial charge is 0.311 e. The van der Waals surface area contributed by atoms with Gasteiger partial charge >= 0.3 is 5.97 Å². The van der Waals surface area contributed by atoms with Crippen molar-refractivity contribution in [2.45, 2.75) is 37.1 Å². The number of carboxylic acids is 1. The average Bonchev–Trinajstić information content (AvgIpc) is 2.72. The molecule has 0 aliphatic heterocycles. The van der Waals surface area contributed by atoms with Gasteiger partial charge in [0.25, 0.3) is 0 Å². The molecule has 0 amide bonds. The second kappa shape index (κ2) is 5.09. The highest BCUT2D eigenvalue weighted by atomic mass is 32.2. The van der Waals surface area contributed by atoms with Crippen LogP contribution in [0.2, 0.25) is 0 Å². The molecule has 5 nitrogen and oxygen atoms in total. The van der Waals surface area contributed by atoms with E-state index in [2.05, 4.69) is 5.32 Å². The van der Waals surface area contributed by atoms with Crippen LogP contribution in [-0.2, 0) is 14.6 Å². The van der Waals surface area contributed by atoms with Crippen LogP contribution in [-0.4, -0.2) is 31.8 Å². The summed E-state index contributed by atoms with van der Waals surface area (Å²) in [5.74, 6) is -0.843. The van der Waals surface area contributed by atoms with Gasteiger partial charge < -0.3 is 10.4 Å². The Kier molecular flexibility index (Phi) is 3.77. The molecule has 0 aromatic heterocycles. The maximum absolute atomic E-state index is 11.8. The van der Waals surface area contributed by atoms with Crippen molar-refractivity contribution in [2.75, 3.05) is 11.6 Å². The number of aliphatic carboxylic acids is 1. The molecule has 1 aliphatic rings. The fraction of sp³-hybridized carbons (Fsp3) is 0.500. The molecule has 0 saturated heterocycles. The highest BCUT2D eigenvalue weighted by Gasteiger charge is 2.45. The molecule has 0 heterocycles. The molecule has 20 heavy (non-hydrogen) atoms. The van der Waals surface area contributed by atoms with Crippen molar-refractivity contribution in [1.82, 2.24) is 0 Å². The van der Waals surface area contributed by atoms with Crippen molar-refractivity contribution in [1.29, 1.82) is 0 Å². The van der Waals surface area contributed by atoms with Gasteiger partial charge in [0.1, 0.15) is 0 Å². The molecule has 1 aromatic carbocycles. The molecule has 2 N–H and O–H groups in total. The zero-order valence-corrected chi connectivity index (χ0v) is 12.4. The topological polar surface area (TPSA) is 83.5 Å². The number of hydrogen-bond acceptors (Lipinski definition) is 4. The number of carboxylic acid groups (broad SMARTS) is 1. The molecule has 110 valence electrons. The van der Waals surface area contributed by atoms with Gasteiger partial charge in [0.05, 0.1) is 16.0 Å². The highest BCUT2D eigenvalue weighted by Crippen LogP contribution is 2.40. The maximum atomic E-state index is 11.8. The third kappa shape index (κ3) is 2.65. The van der Waals surface area contributed by atoms with E-state index in [9.17, 15) is 18.3 Å². The number of para-hydroxylation sites is 1. The van der Waals surface area contributed by atoms with E-state index in [-0.39, 0.29) is 10.9 Å². The molecule has 2 unspecified atom stereocenters. The second-order valence-corrected chi connectivity index (χ2v) is 7.56. The summed E-state index contributed by atoms with van der Waals surface area (Å²) >= 11 is 0. The Labute approximate surface area is 118 Å². The maximum Gasteiger partial charge on any atom is 0.311 e. The van der Waals surface area contributed by atoms with Crippen LogP contribution in [0.1, 0.15) is 26.2 Å². The van der Waals surface area contributed by atoms with Crippen LogP contribution in [0.15, 0.2) is 29.2 Å². The third-order valence-electron chi connectivity index (χ3n) is 4.06. The molecule has 1 saturated carbocycles. The van der Waals surface area contributed by atoms with Gasteiger partial charge in [-0.1, -0.05) is 18.6 Å². The van der Waals surface area contributed by atoms with E-state index in [1.165, 1.54) is 6.07 Å². The van der Waals surface area contributed by atoms with E-state index in [0.29, 0.717) is 12.1 Å². The molecular weight excluding hydrogens is 278 g/mol.